The van der Waals surface area contributed by atoms with Crippen molar-refractivity contribution in [2.24, 2.45) is 0 Å². The molecule has 0 aliphatic heterocycles. The predicted octanol–water partition coefficient (Wildman–Crippen LogP) is 2.43. The van der Waals surface area contributed by atoms with Crippen LogP contribution in [0.3, 0.4) is 0 Å². The second kappa shape index (κ2) is 7.84. The molecule has 0 atom stereocenters. The monoisotopic (exact) mass is 303 g/mol. The first kappa shape index (κ1) is 16.4. The highest BCUT2D eigenvalue weighted by Crippen LogP contribution is 2.21. The lowest BCUT2D eigenvalue weighted by Gasteiger charge is -2.21. The van der Waals surface area contributed by atoms with Gasteiger partial charge in [-0.05, 0) is 30.9 Å². The molecule has 1 aromatic heterocycles. The zero-order chi connectivity index (χ0) is 15.9. The van der Waals surface area contributed by atoms with Crippen LogP contribution in [0.4, 0.5) is 4.79 Å². The van der Waals surface area contributed by atoms with Gasteiger partial charge in [0.1, 0.15) is 0 Å². The van der Waals surface area contributed by atoms with E-state index in [-0.39, 0.29) is 12.6 Å². The quantitative estimate of drug-likeness (QED) is 0.735. The molecule has 0 spiro atoms. The van der Waals surface area contributed by atoms with E-state index in [2.05, 4.69) is 35.4 Å². The minimum absolute atomic E-state index is 0.00482. The molecular weight excluding hydrogens is 278 g/mol. The van der Waals surface area contributed by atoms with Crippen molar-refractivity contribution < 1.29 is 9.90 Å². The van der Waals surface area contributed by atoms with Crippen LogP contribution in [0.2, 0.25) is 0 Å². The number of aromatic nitrogens is 1. The number of para-hydroxylation sites is 1. The van der Waals surface area contributed by atoms with Crippen LogP contribution in [-0.4, -0.2) is 47.3 Å². The van der Waals surface area contributed by atoms with Crippen molar-refractivity contribution in [1.82, 2.24) is 15.2 Å². The van der Waals surface area contributed by atoms with Crippen LogP contribution in [0, 0.1) is 6.92 Å². The van der Waals surface area contributed by atoms with Gasteiger partial charge in [0, 0.05) is 36.7 Å². The van der Waals surface area contributed by atoms with E-state index in [1.807, 2.05) is 13.1 Å². The van der Waals surface area contributed by atoms with E-state index in [0.717, 1.165) is 18.4 Å². The molecule has 2 amide bonds. The van der Waals surface area contributed by atoms with Gasteiger partial charge in [0.05, 0.1) is 6.61 Å². The van der Waals surface area contributed by atoms with Crippen LogP contribution in [-0.2, 0) is 6.42 Å². The van der Waals surface area contributed by atoms with Crippen LogP contribution in [0.1, 0.15) is 24.5 Å². The molecule has 5 nitrogen and oxygen atoms in total. The van der Waals surface area contributed by atoms with E-state index in [4.69, 9.17) is 5.11 Å². The van der Waals surface area contributed by atoms with E-state index in [1.54, 1.807) is 4.90 Å². The highest BCUT2D eigenvalue weighted by molar-refractivity contribution is 5.85. The van der Waals surface area contributed by atoms with Gasteiger partial charge in [0.15, 0.2) is 0 Å². The number of aliphatic hydroxyl groups is 1. The normalized spacial score (nSPS) is 10.9. The zero-order valence-electron chi connectivity index (χ0n) is 13.4. The minimum atomic E-state index is -0.105. The Hall–Kier alpha value is -2.01. The van der Waals surface area contributed by atoms with Gasteiger partial charge in [-0.15, -0.1) is 0 Å². The summed E-state index contributed by atoms with van der Waals surface area (Å²) in [5, 5.41) is 13.2. The molecule has 2 aromatic rings. The molecule has 5 heteroatoms. The van der Waals surface area contributed by atoms with Crippen molar-refractivity contribution in [1.29, 1.82) is 0 Å². The Labute approximate surface area is 131 Å². The van der Waals surface area contributed by atoms with Crippen LogP contribution >= 0.6 is 0 Å². The Balaban J connectivity index is 1.92. The van der Waals surface area contributed by atoms with Crippen LogP contribution in [0.5, 0.6) is 0 Å². The maximum atomic E-state index is 12.1. The minimum Gasteiger partial charge on any atom is -0.395 e. The molecule has 0 saturated carbocycles. The van der Waals surface area contributed by atoms with E-state index in [0.29, 0.717) is 19.6 Å². The fourth-order valence-corrected chi connectivity index (χ4v) is 2.69. The standard InChI is InChI=1S/C17H25N3O2/c1-3-9-20(10-11-21)17(22)18-8-7-14-12-19-16-13(2)5-4-6-15(14)16/h4-6,12,19,21H,3,7-11H2,1-2H3,(H,18,22). The molecule has 2 rings (SSSR count). The second-order valence-corrected chi connectivity index (χ2v) is 5.50. The molecule has 0 radical (unpaired) electrons. The number of fused-ring (bicyclic) bond motifs is 1. The van der Waals surface area contributed by atoms with Crippen molar-refractivity contribution in [3.8, 4) is 0 Å². The number of H-pyrrole nitrogens is 1. The lowest BCUT2D eigenvalue weighted by Crippen LogP contribution is -2.42. The lowest BCUT2D eigenvalue weighted by molar-refractivity contribution is 0.177. The summed E-state index contributed by atoms with van der Waals surface area (Å²) in [6.45, 7) is 5.74. The topological polar surface area (TPSA) is 68.4 Å². The molecule has 1 heterocycles. The first-order chi connectivity index (χ1) is 10.7. The number of aryl methyl sites for hydroxylation is 1. The van der Waals surface area contributed by atoms with E-state index >= 15 is 0 Å². The third-order valence-corrected chi connectivity index (χ3v) is 3.83. The third-order valence-electron chi connectivity index (χ3n) is 3.83. The van der Waals surface area contributed by atoms with E-state index in [1.165, 1.54) is 16.5 Å². The fraction of sp³-hybridized carbons (Fsp3) is 0.471. The summed E-state index contributed by atoms with van der Waals surface area (Å²) < 4.78 is 0. The number of nitrogens with zero attached hydrogens (tertiary/aromatic N) is 1. The fourth-order valence-electron chi connectivity index (χ4n) is 2.69. The molecule has 0 aliphatic carbocycles. The molecule has 22 heavy (non-hydrogen) atoms. The highest BCUT2D eigenvalue weighted by atomic mass is 16.3. The Morgan fingerprint density at radius 1 is 1.36 bits per heavy atom. The maximum Gasteiger partial charge on any atom is 0.317 e. The number of urea groups is 1. The SMILES string of the molecule is CCCN(CCO)C(=O)NCCc1c[nH]c2c(C)cccc12. The average Bonchev–Trinajstić information content (AvgIpc) is 2.92. The van der Waals surface area contributed by atoms with E-state index in [9.17, 15) is 4.79 Å². The molecule has 0 saturated heterocycles. The zero-order valence-corrected chi connectivity index (χ0v) is 13.4. The number of rotatable bonds is 7. The van der Waals surface area contributed by atoms with Gasteiger partial charge in [-0.25, -0.2) is 4.79 Å². The number of carbonyl (C=O) groups is 1. The second-order valence-electron chi connectivity index (χ2n) is 5.50. The Morgan fingerprint density at radius 3 is 2.91 bits per heavy atom. The summed E-state index contributed by atoms with van der Waals surface area (Å²) >= 11 is 0. The number of nitrogens with one attached hydrogen (secondary N) is 2. The van der Waals surface area contributed by atoms with Gasteiger partial charge < -0.3 is 20.3 Å². The van der Waals surface area contributed by atoms with Gasteiger partial charge in [0.2, 0.25) is 0 Å². The molecule has 0 unspecified atom stereocenters. The Morgan fingerprint density at radius 2 is 2.18 bits per heavy atom. The lowest BCUT2D eigenvalue weighted by atomic mass is 10.1. The maximum absolute atomic E-state index is 12.1. The van der Waals surface area contributed by atoms with Crippen LogP contribution < -0.4 is 5.32 Å². The van der Waals surface area contributed by atoms with Gasteiger partial charge >= 0.3 is 6.03 Å². The number of hydrogen-bond donors (Lipinski definition) is 3. The van der Waals surface area contributed by atoms with Crippen LogP contribution in [0.15, 0.2) is 24.4 Å². The number of hydrogen-bond acceptors (Lipinski definition) is 2. The number of carbonyl (C=O) groups excluding carboxylic acids is 1. The summed E-state index contributed by atoms with van der Waals surface area (Å²) in [5.41, 5.74) is 3.60. The van der Waals surface area contributed by atoms with E-state index < -0.39 is 0 Å². The molecule has 1 aromatic carbocycles. The molecule has 120 valence electrons. The molecule has 0 bridgehead atoms. The van der Waals surface area contributed by atoms with Crippen molar-refractivity contribution in [3.63, 3.8) is 0 Å². The van der Waals surface area contributed by atoms with Crippen molar-refractivity contribution in [2.75, 3.05) is 26.2 Å². The summed E-state index contributed by atoms with van der Waals surface area (Å²) in [4.78, 5) is 17.0. The molecule has 0 fully saturated rings. The predicted molar refractivity (Wildman–Crippen MR) is 89.1 cm³/mol. The summed E-state index contributed by atoms with van der Waals surface area (Å²) in [6.07, 6.45) is 3.69. The van der Waals surface area contributed by atoms with Gasteiger partial charge in [0.25, 0.3) is 0 Å². The molecule has 3 N–H and O–H groups in total. The first-order valence-electron chi connectivity index (χ1n) is 7.86. The number of amides is 2. The molecule has 0 aliphatic rings. The smallest absolute Gasteiger partial charge is 0.317 e. The third kappa shape index (κ3) is 3.80. The first-order valence-corrected chi connectivity index (χ1v) is 7.86. The highest BCUT2D eigenvalue weighted by Gasteiger charge is 2.11. The van der Waals surface area contributed by atoms with Crippen molar-refractivity contribution in [3.05, 3.63) is 35.5 Å². The number of aromatic amines is 1. The Kier molecular flexibility index (Phi) is 5.83. The van der Waals surface area contributed by atoms with Crippen molar-refractivity contribution in [2.45, 2.75) is 26.7 Å². The molecular formula is C17H25N3O2. The van der Waals surface area contributed by atoms with Crippen LogP contribution in [0.25, 0.3) is 10.9 Å². The summed E-state index contributed by atoms with van der Waals surface area (Å²) in [5.74, 6) is 0. The van der Waals surface area contributed by atoms with Gasteiger partial charge in [-0.2, -0.15) is 0 Å². The number of benzene rings is 1. The Bertz CT molecular complexity index is 615. The summed E-state index contributed by atoms with van der Waals surface area (Å²) in [6, 6.07) is 6.14. The summed E-state index contributed by atoms with van der Waals surface area (Å²) in [7, 11) is 0. The average molecular weight is 303 g/mol. The van der Waals surface area contributed by atoms with Gasteiger partial charge in [-0.1, -0.05) is 25.1 Å². The van der Waals surface area contributed by atoms with Gasteiger partial charge in [-0.3, -0.25) is 0 Å². The van der Waals surface area contributed by atoms with Crippen molar-refractivity contribution >= 4 is 16.9 Å². The number of aliphatic hydroxyl groups excluding tert-OH is 1. The largest absolute Gasteiger partial charge is 0.395 e.